The second-order valence-electron chi connectivity index (χ2n) is 3.63. The molecule has 2 aromatic rings. The maximum absolute atomic E-state index is 4.38. The van der Waals surface area contributed by atoms with E-state index in [4.69, 9.17) is 0 Å². The van der Waals surface area contributed by atoms with Crippen LogP contribution in [0.2, 0.25) is 0 Å². The number of hydrogen-bond donors (Lipinski definition) is 1. The van der Waals surface area contributed by atoms with Crippen LogP contribution in [0.3, 0.4) is 0 Å². The van der Waals surface area contributed by atoms with E-state index in [1.54, 1.807) is 18.7 Å². The van der Waals surface area contributed by atoms with Gasteiger partial charge >= 0.3 is 0 Å². The van der Waals surface area contributed by atoms with Crippen molar-refractivity contribution in [2.75, 3.05) is 6.54 Å². The van der Waals surface area contributed by atoms with E-state index in [2.05, 4.69) is 28.3 Å². The van der Waals surface area contributed by atoms with Crippen LogP contribution in [0.1, 0.15) is 18.9 Å². The third-order valence-corrected chi connectivity index (χ3v) is 2.36. The van der Waals surface area contributed by atoms with Crippen molar-refractivity contribution in [3.05, 3.63) is 42.6 Å². The molecule has 0 fully saturated rings. The van der Waals surface area contributed by atoms with Gasteiger partial charge in [0.2, 0.25) is 0 Å². The topological polar surface area (TPSA) is 42.7 Å². The molecule has 0 spiro atoms. The van der Waals surface area contributed by atoms with Gasteiger partial charge in [-0.3, -0.25) is 4.57 Å². The SMILES string of the molecule is CCCNCc1cccnc1-n1ccnc1. The minimum Gasteiger partial charge on any atom is -0.313 e. The lowest BCUT2D eigenvalue weighted by atomic mass is 10.2. The maximum atomic E-state index is 4.38. The number of nitrogens with one attached hydrogen (secondary N) is 1. The van der Waals surface area contributed by atoms with Gasteiger partial charge in [-0.25, -0.2) is 9.97 Å². The van der Waals surface area contributed by atoms with Crippen molar-refractivity contribution < 1.29 is 0 Å². The highest BCUT2D eigenvalue weighted by Crippen LogP contribution is 2.10. The second-order valence-corrected chi connectivity index (χ2v) is 3.63. The molecule has 4 nitrogen and oxygen atoms in total. The Morgan fingerprint density at radius 2 is 2.31 bits per heavy atom. The van der Waals surface area contributed by atoms with E-state index < -0.39 is 0 Å². The van der Waals surface area contributed by atoms with Crippen LogP contribution in [-0.2, 0) is 6.54 Å². The van der Waals surface area contributed by atoms with Crippen molar-refractivity contribution in [1.82, 2.24) is 19.9 Å². The Kier molecular flexibility index (Phi) is 3.66. The van der Waals surface area contributed by atoms with Crippen LogP contribution >= 0.6 is 0 Å². The van der Waals surface area contributed by atoms with Crippen molar-refractivity contribution in [3.8, 4) is 5.82 Å². The normalized spacial score (nSPS) is 10.6. The molecule has 0 radical (unpaired) electrons. The first-order valence-corrected chi connectivity index (χ1v) is 5.54. The van der Waals surface area contributed by atoms with E-state index in [0.717, 1.165) is 25.3 Å². The van der Waals surface area contributed by atoms with Gasteiger partial charge in [0.25, 0.3) is 0 Å². The molecule has 0 bridgehead atoms. The predicted octanol–water partition coefficient (Wildman–Crippen LogP) is 1.77. The van der Waals surface area contributed by atoms with Gasteiger partial charge in [-0.1, -0.05) is 13.0 Å². The minimum atomic E-state index is 0.842. The average Bonchev–Trinajstić information content (AvgIpc) is 2.83. The van der Waals surface area contributed by atoms with E-state index in [-0.39, 0.29) is 0 Å². The average molecular weight is 216 g/mol. The first-order chi connectivity index (χ1) is 7.92. The van der Waals surface area contributed by atoms with Crippen LogP contribution in [0, 0.1) is 0 Å². The second kappa shape index (κ2) is 5.42. The van der Waals surface area contributed by atoms with Gasteiger partial charge in [-0.2, -0.15) is 0 Å². The van der Waals surface area contributed by atoms with Crippen LogP contribution in [0.25, 0.3) is 5.82 Å². The van der Waals surface area contributed by atoms with Crippen molar-refractivity contribution in [3.63, 3.8) is 0 Å². The fourth-order valence-corrected chi connectivity index (χ4v) is 1.58. The zero-order valence-corrected chi connectivity index (χ0v) is 9.43. The number of rotatable bonds is 5. The molecule has 84 valence electrons. The van der Waals surface area contributed by atoms with E-state index in [1.807, 2.05) is 16.8 Å². The summed E-state index contributed by atoms with van der Waals surface area (Å²) in [4.78, 5) is 8.42. The molecule has 2 rings (SSSR count). The van der Waals surface area contributed by atoms with Gasteiger partial charge in [0, 0.05) is 30.7 Å². The molecule has 0 atom stereocenters. The highest BCUT2D eigenvalue weighted by molar-refractivity contribution is 5.33. The van der Waals surface area contributed by atoms with Crippen molar-refractivity contribution in [2.24, 2.45) is 0 Å². The van der Waals surface area contributed by atoms with Gasteiger partial charge in [0.15, 0.2) is 0 Å². The quantitative estimate of drug-likeness (QED) is 0.774. The lowest BCUT2D eigenvalue weighted by Gasteiger charge is -2.09. The monoisotopic (exact) mass is 216 g/mol. The molecular formula is C12H16N4. The fraction of sp³-hybridized carbons (Fsp3) is 0.333. The van der Waals surface area contributed by atoms with Crippen molar-refractivity contribution in [1.29, 1.82) is 0 Å². The molecule has 16 heavy (non-hydrogen) atoms. The highest BCUT2D eigenvalue weighted by Gasteiger charge is 2.03. The zero-order chi connectivity index (χ0) is 11.2. The Bertz CT molecular complexity index is 422. The molecular weight excluding hydrogens is 200 g/mol. The Hall–Kier alpha value is -1.68. The molecule has 0 aliphatic carbocycles. The van der Waals surface area contributed by atoms with E-state index >= 15 is 0 Å². The van der Waals surface area contributed by atoms with E-state index in [9.17, 15) is 0 Å². The lowest BCUT2D eigenvalue weighted by molar-refractivity contribution is 0.670. The van der Waals surface area contributed by atoms with E-state index in [0.29, 0.717) is 0 Å². The van der Waals surface area contributed by atoms with Crippen LogP contribution in [-0.4, -0.2) is 21.1 Å². The van der Waals surface area contributed by atoms with Gasteiger partial charge in [-0.15, -0.1) is 0 Å². The van der Waals surface area contributed by atoms with Gasteiger partial charge in [-0.05, 0) is 19.0 Å². The Morgan fingerprint density at radius 3 is 3.06 bits per heavy atom. The van der Waals surface area contributed by atoms with Crippen molar-refractivity contribution >= 4 is 0 Å². The molecule has 0 amide bonds. The first-order valence-electron chi connectivity index (χ1n) is 5.54. The molecule has 4 heteroatoms. The maximum Gasteiger partial charge on any atom is 0.142 e. The summed E-state index contributed by atoms with van der Waals surface area (Å²) in [5.41, 5.74) is 1.19. The molecule has 0 aliphatic rings. The van der Waals surface area contributed by atoms with E-state index in [1.165, 1.54) is 5.56 Å². The molecule has 0 saturated heterocycles. The summed E-state index contributed by atoms with van der Waals surface area (Å²) in [5.74, 6) is 0.948. The molecule has 0 saturated carbocycles. The lowest BCUT2D eigenvalue weighted by Crippen LogP contribution is -2.15. The number of nitrogens with zero attached hydrogens (tertiary/aromatic N) is 3. The minimum absolute atomic E-state index is 0.842. The molecule has 2 heterocycles. The highest BCUT2D eigenvalue weighted by atomic mass is 15.1. The summed E-state index contributed by atoms with van der Waals surface area (Å²) in [6, 6.07) is 4.05. The number of imidazole rings is 1. The van der Waals surface area contributed by atoms with Crippen LogP contribution in [0.15, 0.2) is 37.1 Å². The Morgan fingerprint density at radius 1 is 1.38 bits per heavy atom. The largest absolute Gasteiger partial charge is 0.313 e. The Balaban J connectivity index is 2.18. The molecule has 0 unspecified atom stereocenters. The summed E-state index contributed by atoms with van der Waals surface area (Å²) in [5, 5.41) is 3.38. The molecule has 1 N–H and O–H groups in total. The standard InChI is InChI=1S/C12H16N4/c1-2-5-13-9-11-4-3-6-15-12(11)16-8-7-14-10-16/h3-4,6-8,10,13H,2,5,9H2,1H3. The molecule has 0 aromatic carbocycles. The van der Waals surface area contributed by atoms with Crippen LogP contribution in [0.4, 0.5) is 0 Å². The first kappa shape index (κ1) is 10.8. The summed E-state index contributed by atoms with van der Waals surface area (Å²) in [6.45, 7) is 4.03. The number of hydrogen-bond acceptors (Lipinski definition) is 3. The summed E-state index contributed by atoms with van der Waals surface area (Å²) in [6.07, 6.45) is 8.38. The molecule has 0 aliphatic heterocycles. The third-order valence-electron chi connectivity index (χ3n) is 2.36. The smallest absolute Gasteiger partial charge is 0.142 e. The summed E-state index contributed by atoms with van der Waals surface area (Å²) >= 11 is 0. The number of aromatic nitrogens is 3. The van der Waals surface area contributed by atoms with Gasteiger partial charge in [0.05, 0.1) is 0 Å². The number of pyridine rings is 1. The van der Waals surface area contributed by atoms with Crippen LogP contribution in [0.5, 0.6) is 0 Å². The predicted molar refractivity (Wildman–Crippen MR) is 63.4 cm³/mol. The van der Waals surface area contributed by atoms with Crippen molar-refractivity contribution in [2.45, 2.75) is 19.9 Å². The van der Waals surface area contributed by atoms with Gasteiger partial charge in [0.1, 0.15) is 12.1 Å². The molecule has 2 aromatic heterocycles. The third kappa shape index (κ3) is 2.46. The Labute approximate surface area is 95.4 Å². The van der Waals surface area contributed by atoms with Gasteiger partial charge < -0.3 is 5.32 Å². The zero-order valence-electron chi connectivity index (χ0n) is 9.43. The summed E-state index contributed by atoms with van der Waals surface area (Å²) < 4.78 is 1.93. The fourth-order valence-electron chi connectivity index (χ4n) is 1.58. The summed E-state index contributed by atoms with van der Waals surface area (Å²) in [7, 11) is 0. The van der Waals surface area contributed by atoms with Crippen LogP contribution < -0.4 is 5.32 Å².